The van der Waals surface area contributed by atoms with Gasteiger partial charge in [0, 0.05) is 3.57 Å². The Hall–Kier alpha value is -0.230. The fourth-order valence-electron chi connectivity index (χ4n) is 1.62. The summed E-state index contributed by atoms with van der Waals surface area (Å²) in [7, 11) is 0. The van der Waals surface area contributed by atoms with Crippen molar-refractivity contribution in [1.82, 2.24) is 0 Å². The standard InChI is InChI=1S/C13H17IO2S/c14-11-8-6-10(7-9-11)4-2-1-3-5-12(17)13(15)16/h6-9,12,17H,1-5H2,(H,15,16). The van der Waals surface area contributed by atoms with Gasteiger partial charge in [-0.15, -0.1) is 0 Å². The van der Waals surface area contributed by atoms with Gasteiger partial charge in [-0.2, -0.15) is 12.6 Å². The van der Waals surface area contributed by atoms with Gasteiger partial charge in [-0.1, -0.05) is 25.0 Å². The maximum atomic E-state index is 10.5. The quantitative estimate of drug-likeness (QED) is 0.439. The number of aryl methyl sites for hydroxylation is 1. The SMILES string of the molecule is O=C(O)C(S)CCCCCc1ccc(I)cc1. The smallest absolute Gasteiger partial charge is 0.316 e. The highest BCUT2D eigenvalue weighted by molar-refractivity contribution is 14.1. The summed E-state index contributed by atoms with van der Waals surface area (Å²) in [5.41, 5.74) is 1.35. The van der Waals surface area contributed by atoms with Gasteiger partial charge in [0.2, 0.25) is 0 Å². The van der Waals surface area contributed by atoms with Crippen molar-refractivity contribution < 1.29 is 9.90 Å². The molecule has 0 aliphatic rings. The van der Waals surface area contributed by atoms with Gasteiger partial charge >= 0.3 is 5.97 Å². The number of rotatable bonds is 7. The van der Waals surface area contributed by atoms with Crippen molar-refractivity contribution in [3.63, 3.8) is 0 Å². The van der Waals surface area contributed by atoms with Crippen molar-refractivity contribution in [2.45, 2.75) is 37.4 Å². The van der Waals surface area contributed by atoms with Crippen LogP contribution in [0.5, 0.6) is 0 Å². The van der Waals surface area contributed by atoms with Gasteiger partial charge in [-0.25, -0.2) is 0 Å². The van der Waals surface area contributed by atoms with E-state index in [1.54, 1.807) is 0 Å². The maximum Gasteiger partial charge on any atom is 0.316 e. The number of thiol groups is 1. The molecule has 1 rings (SSSR count). The molecule has 1 N–H and O–H groups in total. The molecule has 94 valence electrons. The Labute approximate surface area is 121 Å². The molecule has 1 unspecified atom stereocenters. The van der Waals surface area contributed by atoms with Crippen LogP contribution in [0.3, 0.4) is 0 Å². The Morgan fingerprint density at radius 3 is 2.47 bits per heavy atom. The molecular formula is C13H17IO2S. The van der Waals surface area contributed by atoms with Crippen LogP contribution in [0, 0.1) is 3.57 Å². The van der Waals surface area contributed by atoms with Crippen molar-refractivity contribution in [2.75, 3.05) is 0 Å². The maximum absolute atomic E-state index is 10.5. The molecule has 0 heterocycles. The van der Waals surface area contributed by atoms with Gasteiger partial charge in [-0.05, 0) is 59.5 Å². The van der Waals surface area contributed by atoms with E-state index in [-0.39, 0.29) is 0 Å². The van der Waals surface area contributed by atoms with E-state index in [2.05, 4.69) is 59.5 Å². The summed E-state index contributed by atoms with van der Waals surface area (Å²) >= 11 is 6.30. The molecule has 1 atom stereocenters. The number of hydrogen-bond acceptors (Lipinski definition) is 2. The fraction of sp³-hybridized carbons (Fsp3) is 0.462. The Bertz CT molecular complexity index is 351. The first-order valence-corrected chi connectivity index (χ1v) is 7.34. The number of hydrogen-bond donors (Lipinski definition) is 2. The van der Waals surface area contributed by atoms with E-state index in [1.165, 1.54) is 9.13 Å². The Balaban J connectivity index is 2.12. The van der Waals surface area contributed by atoms with Gasteiger partial charge < -0.3 is 5.11 Å². The molecule has 0 fully saturated rings. The van der Waals surface area contributed by atoms with E-state index in [9.17, 15) is 4.79 Å². The van der Waals surface area contributed by atoms with Gasteiger partial charge in [-0.3, -0.25) is 4.79 Å². The molecule has 0 bridgehead atoms. The lowest BCUT2D eigenvalue weighted by molar-refractivity contribution is -0.136. The minimum absolute atomic E-state index is 0.506. The van der Waals surface area contributed by atoms with Gasteiger partial charge in [0.05, 0.1) is 5.25 Å². The Morgan fingerprint density at radius 2 is 1.88 bits per heavy atom. The lowest BCUT2D eigenvalue weighted by atomic mass is 10.1. The summed E-state index contributed by atoms with van der Waals surface area (Å²) in [5.74, 6) is -0.814. The molecule has 0 aromatic heterocycles. The molecule has 0 saturated heterocycles. The van der Waals surface area contributed by atoms with Crippen LogP contribution < -0.4 is 0 Å². The van der Waals surface area contributed by atoms with E-state index in [4.69, 9.17) is 5.11 Å². The molecule has 0 aliphatic heterocycles. The summed E-state index contributed by atoms with van der Waals surface area (Å²) in [4.78, 5) is 10.5. The van der Waals surface area contributed by atoms with E-state index >= 15 is 0 Å². The Morgan fingerprint density at radius 1 is 1.24 bits per heavy atom. The number of halogens is 1. The summed E-state index contributed by atoms with van der Waals surface area (Å²) in [6.45, 7) is 0. The average Bonchev–Trinajstić information content (AvgIpc) is 2.30. The summed E-state index contributed by atoms with van der Waals surface area (Å²) in [6, 6.07) is 8.54. The van der Waals surface area contributed by atoms with Crippen molar-refractivity contribution in [2.24, 2.45) is 0 Å². The predicted molar refractivity (Wildman–Crippen MR) is 81.7 cm³/mol. The third-order valence-corrected chi connectivity index (χ3v) is 3.84. The molecule has 0 radical (unpaired) electrons. The molecule has 2 nitrogen and oxygen atoms in total. The van der Waals surface area contributed by atoms with Crippen LogP contribution in [-0.4, -0.2) is 16.3 Å². The molecular weight excluding hydrogens is 347 g/mol. The highest BCUT2D eigenvalue weighted by Gasteiger charge is 2.10. The molecule has 4 heteroatoms. The number of carbonyl (C=O) groups is 1. The monoisotopic (exact) mass is 364 g/mol. The van der Waals surface area contributed by atoms with Gasteiger partial charge in [0.25, 0.3) is 0 Å². The molecule has 17 heavy (non-hydrogen) atoms. The highest BCUT2D eigenvalue weighted by Crippen LogP contribution is 2.13. The largest absolute Gasteiger partial charge is 0.480 e. The second-order valence-electron chi connectivity index (χ2n) is 4.08. The van der Waals surface area contributed by atoms with Crippen molar-refractivity contribution in [1.29, 1.82) is 0 Å². The van der Waals surface area contributed by atoms with Crippen LogP contribution >= 0.6 is 35.2 Å². The highest BCUT2D eigenvalue weighted by atomic mass is 127. The molecule has 1 aromatic rings. The minimum atomic E-state index is -0.814. The number of aliphatic carboxylic acids is 1. The molecule has 0 amide bonds. The van der Waals surface area contributed by atoms with Crippen molar-refractivity contribution >= 4 is 41.2 Å². The first-order chi connectivity index (χ1) is 8.09. The number of carboxylic acids is 1. The van der Waals surface area contributed by atoms with Crippen molar-refractivity contribution in [3.8, 4) is 0 Å². The van der Waals surface area contributed by atoms with Gasteiger partial charge in [0.15, 0.2) is 0 Å². The second-order valence-corrected chi connectivity index (χ2v) is 5.95. The number of carboxylic acid groups (broad SMARTS) is 1. The fourth-order valence-corrected chi connectivity index (χ4v) is 2.16. The molecule has 0 saturated carbocycles. The number of unbranched alkanes of at least 4 members (excludes halogenated alkanes) is 2. The third kappa shape index (κ3) is 6.31. The molecule has 0 spiro atoms. The zero-order valence-corrected chi connectivity index (χ0v) is 12.7. The second kappa shape index (κ2) is 7.97. The third-order valence-electron chi connectivity index (χ3n) is 2.64. The zero-order valence-electron chi connectivity index (χ0n) is 9.60. The van der Waals surface area contributed by atoms with Crippen LogP contribution in [0.25, 0.3) is 0 Å². The van der Waals surface area contributed by atoms with Gasteiger partial charge in [0.1, 0.15) is 0 Å². The van der Waals surface area contributed by atoms with Crippen LogP contribution in [0.4, 0.5) is 0 Å². The summed E-state index contributed by atoms with van der Waals surface area (Å²) in [6.07, 6.45) is 4.84. The van der Waals surface area contributed by atoms with Crippen LogP contribution in [0.1, 0.15) is 31.2 Å². The molecule has 0 aliphatic carbocycles. The first kappa shape index (κ1) is 14.8. The molecule has 1 aromatic carbocycles. The van der Waals surface area contributed by atoms with Crippen LogP contribution in [0.15, 0.2) is 24.3 Å². The normalized spacial score (nSPS) is 12.4. The summed E-state index contributed by atoms with van der Waals surface area (Å²) in [5, 5.41) is 8.16. The predicted octanol–water partition coefficient (Wildman–Crippen LogP) is 3.78. The lowest BCUT2D eigenvalue weighted by Crippen LogP contribution is -2.12. The summed E-state index contributed by atoms with van der Waals surface area (Å²) < 4.78 is 1.26. The van der Waals surface area contributed by atoms with E-state index in [0.29, 0.717) is 6.42 Å². The topological polar surface area (TPSA) is 37.3 Å². The van der Waals surface area contributed by atoms with Crippen LogP contribution in [-0.2, 0) is 11.2 Å². The first-order valence-electron chi connectivity index (χ1n) is 5.75. The van der Waals surface area contributed by atoms with Crippen molar-refractivity contribution in [3.05, 3.63) is 33.4 Å². The Kier molecular flexibility index (Phi) is 6.96. The van der Waals surface area contributed by atoms with E-state index in [1.807, 2.05) is 0 Å². The minimum Gasteiger partial charge on any atom is -0.480 e. The zero-order chi connectivity index (χ0) is 12.7. The average molecular weight is 364 g/mol. The van der Waals surface area contributed by atoms with E-state index in [0.717, 1.165) is 25.7 Å². The lowest BCUT2D eigenvalue weighted by Gasteiger charge is -2.05. The van der Waals surface area contributed by atoms with Crippen LogP contribution in [0.2, 0.25) is 0 Å². The van der Waals surface area contributed by atoms with E-state index < -0.39 is 11.2 Å². The number of benzene rings is 1.